The van der Waals surface area contributed by atoms with Gasteiger partial charge in [-0.15, -0.1) is 10.2 Å². The Bertz CT molecular complexity index is 818. The number of benzene rings is 1. The Hall–Kier alpha value is -2.60. The highest BCUT2D eigenvalue weighted by Crippen LogP contribution is 2.29. The molecule has 0 aliphatic heterocycles. The molecule has 0 bridgehead atoms. The summed E-state index contributed by atoms with van der Waals surface area (Å²) in [5.74, 6) is 0.374. The third-order valence-electron chi connectivity index (χ3n) is 3.60. The van der Waals surface area contributed by atoms with Gasteiger partial charge in [0.05, 0.1) is 6.42 Å². The molecule has 0 aliphatic rings. The summed E-state index contributed by atoms with van der Waals surface area (Å²) in [5, 5.41) is 9.89. The van der Waals surface area contributed by atoms with E-state index in [-0.39, 0.29) is 5.91 Å². The summed E-state index contributed by atoms with van der Waals surface area (Å²) in [4.78, 5) is 18.7. The van der Waals surface area contributed by atoms with Crippen LogP contribution in [-0.2, 0) is 11.2 Å². The summed E-state index contributed by atoms with van der Waals surface area (Å²) in [7, 11) is 0. The number of rotatable bonds is 6. The number of pyridine rings is 1. The quantitative estimate of drug-likeness (QED) is 0.676. The smallest absolute Gasteiger partial charge is 0.233 e. The maximum atomic E-state index is 12.8. The normalized spacial score (nSPS) is 10.8. The largest absolute Gasteiger partial charge is 0.286 e. The third kappa shape index (κ3) is 4.48. The van der Waals surface area contributed by atoms with Crippen LogP contribution in [0.4, 0.5) is 5.13 Å². The molecule has 0 aliphatic carbocycles. The Balaban J connectivity index is 1.83. The first-order chi connectivity index (χ1) is 12.1. The van der Waals surface area contributed by atoms with Gasteiger partial charge in [0.15, 0.2) is 5.01 Å². The van der Waals surface area contributed by atoms with E-state index in [1.165, 1.54) is 11.3 Å². The van der Waals surface area contributed by atoms with Gasteiger partial charge in [0.1, 0.15) is 0 Å². The van der Waals surface area contributed by atoms with Gasteiger partial charge in [0.2, 0.25) is 11.0 Å². The number of nitrogens with zero attached hydrogens (tertiary/aromatic N) is 4. The molecule has 3 aromatic rings. The van der Waals surface area contributed by atoms with Crippen molar-refractivity contribution in [1.29, 1.82) is 0 Å². The average Bonchev–Trinajstić information content (AvgIpc) is 3.11. The molecule has 128 valence electrons. The Kier molecular flexibility index (Phi) is 5.50. The van der Waals surface area contributed by atoms with Crippen LogP contribution < -0.4 is 4.90 Å². The van der Waals surface area contributed by atoms with Crippen LogP contribution in [0.2, 0.25) is 0 Å². The van der Waals surface area contributed by atoms with Crippen molar-refractivity contribution in [2.75, 3.05) is 11.4 Å². The van der Waals surface area contributed by atoms with E-state index < -0.39 is 0 Å². The molecule has 0 saturated carbocycles. The van der Waals surface area contributed by atoms with Crippen molar-refractivity contribution >= 4 is 22.4 Å². The molecule has 0 atom stereocenters. The van der Waals surface area contributed by atoms with E-state index in [0.29, 0.717) is 24.0 Å². The minimum absolute atomic E-state index is 0.0359. The summed E-state index contributed by atoms with van der Waals surface area (Å²) in [6.07, 6.45) is 3.83. The first-order valence-electron chi connectivity index (χ1n) is 8.21. The Morgan fingerprint density at radius 2 is 1.92 bits per heavy atom. The number of anilines is 1. The van der Waals surface area contributed by atoms with Gasteiger partial charge >= 0.3 is 0 Å². The van der Waals surface area contributed by atoms with Crippen molar-refractivity contribution in [1.82, 2.24) is 15.2 Å². The molecule has 0 unspecified atom stereocenters. The lowest BCUT2D eigenvalue weighted by Gasteiger charge is -2.21. The minimum Gasteiger partial charge on any atom is -0.286 e. The van der Waals surface area contributed by atoms with E-state index in [4.69, 9.17) is 0 Å². The van der Waals surface area contributed by atoms with Crippen LogP contribution in [0.5, 0.6) is 0 Å². The number of amides is 1. The highest BCUT2D eigenvalue weighted by atomic mass is 32.1. The lowest BCUT2D eigenvalue weighted by Crippen LogP contribution is -2.35. The molecule has 0 fully saturated rings. The second kappa shape index (κ2) is 7.98. The molecule has 6 heteroatoms. The van der Waals surface area contributed by atoms with Gasteiger partial charge < -0.3 is 0 Å². The molecule has 1 amide bonds. The van der Waals surface area contributed by atoms with Crippen LogP contribution >= 0.6 is 11.3 Å². The number of carbonyl (C=O) groups is 1. The zero-order valence-electron chi connectivity index (χ0n) is 14.3. The highest BCUT2D eigenvalue weighted by Gasteiger charge is 2.21. The predicted octanol–water partition coefficient (Wildman–Crippen LogP) is 3.83. The third-order valence-corrected chi connectivity index (χ3v) is 4.60. The molecule has 25 heavy (non-hydrogen) atoms. The number of hydrogen-bond acceptors (Lipinski definition) is 5. The highest BCUT2D eigenvalue weighted by molar-refractivity contribution is 7.18. The van der Waals surface area contributed by atoms with Crippen LogP contribution in [0.1, 0.15) is 19.4 Å². The number of carbonyl (C=O) groups excluding carboxylic acids is 1. The van der Waals surface area contributed by atoms with Gasteiger partial charge in [0.25, 0.3) is 0 Å². The zero-order valence-corrected chi connectivity index (χ0v) is 15.1. The topological polar surface area (TPSA) is 59.0 Å². The molecular formula is C19H20N4OS. The van der Waals surface area contributed by atoms with Crippen LogP contribution in [0.25, 0.3) is 10.6 Å². The van der Waals surface area contributed by atoms with E-state index in [0.717, 1.165) is 16.1 Å². The molecule has 5 nitrogen and oxygen atoms in total. The molecule has 0 N–H and O–H groups in total. The lowest BCUT2D eigenvalue weighted by molar-refractivity contribution is -0.118. The molecule has 2 heterocycles. The first kappa shape index (κ1) is 17.2. The fraction of sp³-hybridized carbons (Fsp3) is 0.263. The maximum absolute atomic E-state index is 12.8. The van der Waals surface area contributed by atoms with Crippen molar-refractivity contribution in [3.8, 4) is 10.6 Å². The van der Waals surface area contributed by atoms with Crippen molar-refractivity contribution < 1.29 is 4.79 Å². The molecule has 2 aromatic heterocycles. The maximum Gasteiger partial charge on any atom is 0.233 e. The van der Waals surface area contributed by atoms with Gasteiger partial charge in [0, 0.05) is 24.5 Å². The van der Waals surface area contributed by atoms with Crippen LogP contribution in [0, 0.1) is 5.92 Å². The second-order valence-corrected chi connectivity index (χ2v) is 7.15. The number of hydrogen-bond donors (Lipinski definition) is 0. The molecule has 0 radical (unpaired) electrons. The van der Waals surface area contributed by atoms with E-state index in [9.17, 15) is 4.79 Å². The summed E-state index contributed by atoms with van der Waals surface area (Å²) in [6.45, 7) is 4.80. The van der Waals surface area contributed by atoms with E-state index in [1.807, 2.05) is 42.5 Å². The second-order valence-electron chi connectivity index (χ2n) is 6.19. The molecule has 0 saturated heterocycles. The SMILES string of the molecule is CC(C)CN(C(=O)Cc1ccccc1)c1nnc(-c2cccnc2)s1. The first-order valence-corrected chi connectivity index (χ1v) is 9.03. The van der Waals surface area contributed by atoms with Crippen molar-refractivity contribution in [3.63, 3.8) is 0 Å². The standard InChI is InChI=1S/C19H20N4OS/c1-14(2)13-23(17(24)11-15-7-4-3-5-8-15)19-22-21-18(25-19)16-9-6-10-20-12-16/h3-10,12,14H,11,13H2,1-2H3. The molecular weight excluding hydrogens is 332 g/mol. The monoisotopic (exact) mass is 352 g/mol. The van der Waals surface area contributed by atoms with Gasteiger partial charge in [-0.05, 0) is 23.6 Å². The van der Waals surface area contributed by atoms with Crippen LogP contribution in [0.3, 0.4) is 0 Å². The number of aromatic nitrogens is 3. The lowest BCUT2D eigenvalue weighted by atomic mass is 10.1. The molecule has 3 rings (SSSR count). The van der Waals surface area contributed by atoms with Crippen molar-refractivity contribution in [2.24, 2.45) is 5.92 Å². The van der Waals surface area contributed by atoms with E-state index in [1.54, 1.807) is 17.3 Å². The van der Waals surface area contributed by atoms with E-state index >= 15 is 0 Å². The average molecular weight is 352 g/mol. The fourth-order valence-electron chi connectivity index (χ4n) is 2.45. The Labute approximate surface area is 151 Å². The summed E-state index contributed by atoms with van der Waals surface area (Å²) < 4.78 is 0. The zero-order chi connectivity index (χ0) is 17.6. The Morgan fingerprint density at radius 3 is 2.60 bits per heavy atom. The van der Waals surface area contributed by atoms with Crippen LogP contribution in [0.15, 0.2) is 54.9 Å². The van der Waals surface area contributed by atoms with E-state index in [2.05, 4.69) is 29.0 Å². The van der Waals surface area contributed by atoms with Gasteiger partial charge in [-0.3, -0.25) is 14.7 Å². The Morgan fingerprint density at radius 1 is 1.12 bits per heavy atom. The van der Waals surface area contributed by atoms with Crippen molar-refractivity contribution in [2.45, 2.75) is 20.3 Å². The van der Waals surface area contributed by atoms with Gasteiger partial charge in [-0.1, -0.05) is 55.5 Å². The fourth-order valence-corrected chi connectivity index (χ4v) is 3.31. The van der Waals surface area contributed by atoms with Crippen LogP contribution in [-0.4, -0.2) is 27.6 Å². The van der Waals surface area contributed by atoms with Gasteiger partial charge in [-0.2, -0.15) is 0 Å². The summed E-state index contributed by atoms with van der Waals surface area (Å²) in [5.41, 5.74) is 1.91. The predicted molar refractivity (Wildman–Crippen MR) is 100 cm³/mol. The van der Waals surface area contributed by atoms with Crippen molar-refractivity contribution in [3.05, 3.63) is 60.4 Å². The molecule has 0 spiro atoms. The minimum atomic E-state index is 0.0359. The molecule has 1 aromatic carbocycles. The summed E-state index contributed by atoms with van der Waals surface area (Å²) >= 11 is 1.42. The summed E-state index contributed by atoms with van der Waals surface area (Å²) in [6, 6.07) is 13.6. The van der Waals surface area contributed by atoms with Gasteiger partial charge in [-0.25, -0.2) is 0 Å².